The van der Waals surface area contributed by atoms with Crippen molar-refractivity contribution in [2.75, 3.05) is 13.7 Å². The van der Waals surface area contributed by atoms with E-state index >= 15 is 0 Å². The summed E-state index contributed by atoms with van der Waals surface area (Å²) in [4.78, 5) is 12.5. The van der Waals surface area contributed by atoms with Crippen LogP contribution in [0, 0.1) is 12.8 Å². The Hall–Kier alpha value is -3.48. The molecule has 0 N–H and O–H groups in total. The number of aryl methyl sites for hydroxylation is 1. The van der Waals surface area contributed by atoms with Crippen molar-refractivity contribution in [1.82, 2.24) is 4.31 Å². The number of esters is 1. The zero-order valence-electron chi connectivity index (χ0n) is 24.1. The third kappa shape index (κ3) is 6.09. The third-order valence-corrected chi connectivity index (χ3v) is 10.4. The highest BCUT2D eigenvalue weighted by Gasteiger charge is 2.48. The normalized spacial score (nSPS) is 19.4. The second-order valence-corrected chi connectivity index (χ2v) is 13.1. The molecule has 214 valence electrons. The van der Waals surface area contributed by atoms with Crippen LogP contribution in [0.4, 0.5) is 0 Å². The summed E-state index contributed by atoms with van der Waals surface area (Å²) in [6, 6.07) is 28.9. The van der Waals surface area contributed by atoms with Crippen molar-refractivity contribution in [3.05, 3.63) is 113 Å². The van der Waals surface area contributed by atoms with Gasteiger partial charge in [-0.2, -0.15) is 4.31 Å². The van der Waals surface area contributed by atoms with E-state index in [2.05, 4.69) is 37.3 Å². The lowest BCUT2D eigenvalue weighted by atomic mass is 9.79. The molecule has 0 amide bonds. The predicted molar refractivity (Wildman–Crippen MR) is 165 cm³/mol. The molecule has 4 aromatic rings. The molecule has 0 aromatic heterocycles. The van der Waals surface area contributed by atoms with Gasteiger partial charge in [-0.15, -0.1) is 0 Å². The first-order valence-corrected chi connectivity index (χ1v) is 16.0. The highest BCUT2D eigenvalue weighted by molar-refractivity contribution is 7.89. The fourth-order valence-electron chi connectivity index (χ4n) is 6.27. The number of hydrogen-bond acceptors (Lipinski definition) is 4. The third-order valence-electron chi connectivity index (χ3n) is 8.50. The molecule has 1 saturated heterocycles. The van der Waals surface area contributed by atoms with Gasteiger partial charge in [0.15, 0.2) is 0 Å². The number of carbonyl (C=O) groups is 1. The molecule has 0 radical (unpaired) electrons. The molecule has 1 heterocycles. The Morgan fingerprint density at radius 2 is 1.54 bits per heavy atom. The van der Waals surface area contributed by atoms with Gasteiger partial charge in [0, 0.05) is 12.5 Å². The van der Waals surface area contributed by atoms with E-state index in [9.17, 15) is 13.2 Å². The molecule has 0 bridgehead atoms. The van der Waals surface area contributed by atoms with Crippen LogP contribution in [-0.4, -0.2) is 32.3 Å². The van der Waals surface area contributed by atoms with Crippen LogP contribution in [0.2, 0.25) is 0 Å². The maximum atomic E-state index is 14.3. The summed E-state index contributed by atoms with van der Waals surface area (Å²) in [6.45, 7) is 4.56. The van der Waals surface area contributed by atoms with Crippen LogP contribution in [0.25, 0.3) is 10.8 Å². The van der Waals surface area contributed by atoms with Gasteiger partial charge in [-0.25, -0.2) is 13.2 Å². The SMILES string of the molecule is CCCCCC[C@@H]1[C@@H](c2ccc(C(=O)OC)cc2)N(S(=O)(=O)c2ccc(C)cc2)C[C@H]1c1ccc2ccccc2c1. The Bertz CT molecular complexity index is 1600. The quantitative estimate of drug-likeness (QED) is 0.143. The maximum Gasteiger partial charge on any atom is 0.337 e. The summed E-state index contributed by atoms with van der Waals surface area (Å²) in [7, 11) is -2.43. The van der Waals surface area contributed by atoms with Crippen molar-refractivity contribution in [1.29, 1.82) is 0 Å². The van der Waals surface area contributed by atoms with Crippen LogP contribution < -0.4 is 0 Å². The van der Waals surface area contributed by atoms with E-state index in [1.54, 1.807) is 28.6 Å². The number of hydrogen-bond donors (Lipinski definition) is 0. The van der Waals surface area contributed by atoms with Crippen LogP contribution >= 0.6 is 0 Å². The summed E-state index contributed by atoms with van der Waals surface area (Å²) in [5.74, 6) is -0.291. The zero-order chi connectivity index (χ0) is 29.0. The van der Waals surface area contributed by atoms with Gasteiger partial charge < -0.3 is 4.74 Å². The molecule has 1 fully saturated rings. The fourth-order valence-corrected chi connectivity index (χ4v) is 7.96. The number of carbonyl (C=O) groups excluding carboxylic acids is 1. The van der Waals surface area contributed by atoms with Crippen LogP contribution in [0.5, 0.6) is 0 Å². The Morgan fingerprint density at radius 1 is 0.854 bits per heavy atom. The number of rotatable bonds is 10. The molecule has 0 aliphatic carbocycles. The minimum atomic E-state index is -3.79. The lowest BCUT2D eigenvalue weighted by molar-refractivity contribution is 0.0600. The van der Waals surface area contributed by atoms with Gasteiger partial charge >= 0.3 is 5.97 Å². The van der Waals surface area contributed by atoms with Crippen molar-refractivity contribution in [3.8, 4) is 0 Å². The van der Waals surface area contributed by atoms with Crippen molar-refractivity contribution in [3.63, 3.8) is 0 Å². The largest absolute Gasteiger partial charge is 0.465 e. The highest BCUT2D eigenvalue weighted by Crippen LogP contribution is 2.50. The van der Waals surface area contributed by atoms with Crippen LogP contribution in [-0.2, 0) is 14.8 Å². The summed E-state index contributed by atoms with van der Waals surface area (Å²) in [6.07, 6.45) is 5.39. The predicted octanol–water partition coefficient (Wildman–Crippen LogP) is 8.05. The van der Waals surface area contributed by atoms with Crippen LogP contribution in [0.1, 0.15) is 78.0 Å². The van der Waals surface area contributed by atoms with E-state index in [4.69, 9.17) is 4.74 Å². The lowest BCUT2D eigenvalue weighted by Gasteiger charge is -2.29. The standard InChI is InChI=1S/C35H39NO4S/c1-4-5-6-7-12-32-33(30-20-15-26-10-8-9-11-29(26)23-30)24-36(41(38,39)31-21-13-25(2)14-22-31)34(32)27-16-18-28(19-17-27)35(37)40-3/h8-11,13-23,32-34H,4-7,12,24H2,1-3H3/t32-,33-,34+/m0/s1. The number of unbranched alkanes of at least 4 members (excludes halogenated alkanes) is 3. The first-order chi connectivity index (χ1) is 19.8. The number of benzene rings is 4. The molecule has 0 unspecified atom stereocenters. The summed E-state index contributed by atoms with van der Waals surface area (Å²) in [5, 5.41) is 2.33. The van der Waals surface area contributed by atoms with E-state index in [1.165, 1.54) is 18.1 Å². The molecular weight excluding hydrogens is 530 g/mol. The van der Waals surface area contributed by atoms with Crippen molar-refractivity contribution < 1.29 is 17.9 Å². The van der Waals surface area contributed by atoms with Crippen LogP contribution in [0.15, 0.2) is 95.9 Å². The average molecular weight is 570 g/mol. The van der Waals surface area contributed by atoms with Gasteiger partial charge in [0.1, 0.15) is 0 Å². The Kier molecular flexibility index (Phi) is 8.91. The van der Waals surface area contributed by atoms with Gasteiger partial charge in [-0.05, 0) is 65.4 Å². The average Bonchev–Trinajstić information content (AvgIpc) is 3.39. The molecule has 3 atom stereocenters. The van der Waals surface area contributed by atoms with Crippen molar-refractivity contribution in [2.45, 2.75) is 62.8 Å². The molecule has 6 heteroatoms. The lowest BCUT2D eigenvalue weighted by Crippen LogP contribution is -2.32. The number of sulfonamides is 1. The monoisotopic (exact) mass is 569 g/mol. The van der Waals surface area contributed by atoms with Crippen molar-refractivity contribution >= 4 is 26.8 Å². The second-order valence-electron chi connectivity index (χ2n) is 11.2. The fraction of sp³-hybridized carbons (Fsp3) is 0.343. The van der Waals surface area contributed by atoms with E-state index in [-0.39, 0.29) is 17.9 Å². The number of methoxy groups -OCH3 is 1. The Labute approximate surface area is 244 Å². The highest BCUT2D eigenvalue weighted by atomic mass is 32.2. The van der Waals surface area contributed by atoms with Crippen LogP contribution in [0.3, 0.4) is 0 Å². The van der Waals surface area contributed by atoms with E-state index in [1.807, 2.05) is 43.3 Å². The zero-order valence-corrected chi connectivity index (χ0v) is 24.9. The number of nitrogens with zero attached hydrogens (tertiary/aromatic N) is 1. The first-order valence-electron chi connectivity index (χ1n) is 14.6. The van der Waals surface area contributed by atoms with Gasteiger partial charge in [-0.1, -0.05) is 105 Å². The van der Waals surface area contributed by atoms with E-state index in [0.29, 0.717) is 17.0 Å². The van der Waals surface area contributed by atoms with Gasteiger partial charge in [0.05, 0.1) is 23.6 Å². The minimum Gasteiger partial charge on any atom is -0.465 e. The smallest absolute Gasteiger partial charge is 0.337 e. The second kappa shape index (κ2) is 12.6. The molecule has 5 nitrogen and oxygen atoms in total. The molecule has 5 rings (SSSR count). The molecule has 1 aliphatic rings. The van der Waals surface area contributed by atoms with E-state index < -0.39 is 16.0 Å². The first kappa shape index (κ1) is 29.0. The molecule has 1 aliphatic heterocycles. The molecule has 4 aromatic carbocycles. The molecule has 0 spiro atoms. The maximum absolute atomic E-state index is 14.3. The number of ether oxygens (including phenoxy) is 1. The summed E-state index contributed by atoms with van der Waals surface area (Å²) >= 11 is 0. The topological polar surface area (TPSA) is 63.7 Å². The minimum absolute atomic E-state index is 0.0340. The van der Waals surface area contributed by atoms with Gasteiger partial charge in [0.25, 0.3) is 0 Å². The Balaban J connectivity index is 1.62. The summed E-state index contributed by atoms with van der Waals surface area (Å²) in [5.41, 5.74) is 3.54. The van der Waals surface area contributed by atoms with Crippen molar-refractivity contribution in [2.24, 2.45) is 5.92 Å². The van der Waals surface area contributed by atoms with Gasteiger partial charge in [-0.3, -0.25) is 0 Å². The molecular formula is C35H39NO4S. The summed E-state index contributed by atoms with van der Waals surface area (Å²) < 4.78 is 35.3. The molecule has 0 saturated carbocycles. The Morgan fingerprint density at radius 3 is 2.22 bits per heavy atom. The number of fused-ring (bicyclic) bond motifs is 1. The van der Waals surface area contributed by atoms with Gasteiger partial charge in [0.2, 0.25) is 10.0 Å². The van der Waals surface area contributed by atoms with E-state index in [0.717, 1.165) is 48.6 Å². The molecule has 41 heavy (non-hydrogen) atoms.